The summed E-state index contributed by atoms with van der Waals surface area (Å²) in [6, 6.07) is 3.45. The summed E-state index contributed by atoms with van der Waals surface area (Å²) in [6.07, 6.45) is 1.72. The van der Waals surface area contributed by atoms with E-state index in [4.69, 9.17) is 4.74 Å². The Labute approximate surface area is 125 Å². The van der Waals surface area contributed by atoms with Crippen LogP contribution in [0.2, 0.25) is 0 Å². The van der Waals surface area contributed by atoms with Gasteiger partial charge in [0.25, 0.3) is 5.69 Å². The van der Waals surface area contributed by atoms with Gasteiger partial charge in [-0.3, -0.25) is 25.7 Å². The molecule has 0 aromatic heterocycles. The lowest BCUT2D eigenvalue weighted by atomic mass is 10.2. The van der Waals surface area contributed by atoms with Crippen molar-refractivity contribution in [1.29, 1.82) is 0 Å². The normalized spacial score (nSPS) is 25.2. The smallest absolute Gasteiger partial charge is 0.301 e. The molecule has 0 amide bonds. The summed E-state index contributed by atoms with van der Waals surface area (Å²) in [7, 11) is 0. The molecular weight excluding hydrogens is 292 g/mol. The Bertz CT molecular complexity index is 660. The van der Waals surface area contributed by atoms with Gasteiger partial charge in [-0.2, -0.15) is 5.10 Å². The van der Waals surface area contributed by atoms with E-state index in [9.17, 15) is 20.2 Å². The molecule has 22 heavy (non-hydrogen) atoms. The van der Waals surface area contributed by atoms with Crippen molar-refractivity contribution < 1.29 is 14.6 Å². The fraction of sp³-hybridized carbons (Fsp3) is 0.462. The number of hydrazone groups is 1. The Hall–Kier alpha value is -2.55. The van der Waals surface area contributed by atoms with E-state index >= 15 is 0 Å². The number of rotatable bonds is 4. The third kappa shape index (κ3) is 2.89. The van der Waals surface area contributed by atoms with Gasteiger partial charge in [-0.15, -0.1) is 0 Å². The minimum absolute atomic E-state index is 0.144. The maximum Gasteiger partial charge on any atom is 0.301 e. The van der Waals surface area contributed by atoms with Crippen LogP contribution < -0.4 is 5.43 Å². The fourth-order valence-electron chi connectivity index (χ4n) is 2.59. The van der Waals surface area contributed by atoms with E-state index < -0.39 is 9.85 Å². The van der Waals surface area contributed by atoms with Crippen molar-refractivity contribution >= 4 is 22.8 Å². The van der Waals surface area contributed by atoms with Crippen molar-refractivity contribution in [3.8, 4) is 0 Å². The first-order valence-electron chi connectivity index (χ1n) is 6.89. The van der Waals surface area contributed by atoms with Gasteiger partial charge >= 0.3 is 5.69 Å². The van der Waals surface area contributed by atoms with Crippen LogP contribution in [0, 0.1) is 32.1 Å². The van der Waals surface area contributed by atoms with Gasteiger partial charge in [-0.1, -0.05) is 0 Å². The number of non-ortho nitro benzene ring substituents is 1. The average Bonchev–Trinajstić information content (AvgIpc) is 3.25. The van der Waals surface area contributed by atoms with E-state index in [0.29, 0.717) is 24.9 Å². The summed E-state index contributed by atoms with van der Waals surface area (Å²) < 4.78 is 5.44. The van der Waals surface area contributed by atoms with Gasteiger partial charge in [-0.05, 0) is 18.4 Å². The summed E-state index contributed by atoms with van der Waals surface area (Å²) in [5.41, 5.74) is 3.08. The molecule has 1 aromatic carbocycles. The zero-order chi connectivity index (χ0) is 15.7. The lowest BCUT2D eigenvalue weighted by Crippen LogP contribution is -2.07. The second-order valence-electron chi connectivity index (χ2n) is 5.36. The molecule has 9 nitrogen and oxygen atoms in total. The number of benzene rings is 1. The first kappa shape index (κ1) is 14.4. The molecule has 9 heteroatoms. The highest BCUT2D eigenvalue weighted by Crippen LogP contribution is 2.42. The number of fused-ring (bicyclic) bond motifs is 1. The molecule has 1 aliphatic carbocycles. The lowest BCUT2D eigenvalue weighted by Gasteiger charge is -2.05. The second-order valence-corrected chi connectivity index (χ2v) is 5.36. The molecule has 1 aliphatic heterocycles. The first-order valence-corrected chi connectivity index (χ1v) is 6.89. The molecule has 0 radical (unpaired) electrons. The molecule has 3 rings (SSSR count). The van der Waals surface area contributed by atoms with Gasteiger partial charge in [0.2, 0.25) is 0 Å². The highest BCUT2D eigenvalue weighted by Gasteiger charge is 2.42. The van der Waals surface area contributed by atoms with Crippen LogP contribution in [0.5, 0.6) is 0 Å². The van der Waals surface area contributed by atoms with E-state index in [-0.39, 0.29) is 17.1 Å². The SMILES string of the molecule is O=[N+]([O-])c1ccc(N/N=C2/CCOCC3CC23)c([N+](=O)[O-])c1. The minimum Gasteiger partial charge on any atom is -0.381 e. The van der Waals surface area contributed by atoms with E-state index in [1.807, 2.05) is 0 Å². The van der Waals surface area contributed by atoms with Crippen LogP contribution in [0.1, 0.15) is 12.8 Å². The molecule has 2 aliphatic rings. The first-order chi connectivity index (χ1) is 10.6. The summed E-state index contributed by atoms with van der Waals surface area (Å²) in [4.78, 5) is 20.4. The zero-order valence-corrected chi connectivity index (χ0v) is 11.6. The van der Waals surface area contributed by atoms with Crippen LogP contribution >= 0.6 is 0 Å². The Morgan fingerprint density at radius 1 is 1.27 bits per heavy atom. The molecule has 2 fully saturated rings. The highest BCUT2D eigenvalue weighted by atomic mass is 16.6. The predicted octanol–water partition coefficient (Wildman–Crippen LogP) is 2.33. The standard InChI is InChI=1S/C13H14N4O5/c18-16(19)9-1-2-12(13(6-9)17(20)21)15-14-11-3-4-22-7-8-5-10(8)11/h1-2,6,8,10,15H,3-5,7H2/b14-11-. The number of hydrogen-bond acceptors (Lipinski definition) is 7. The third-order valence-electron chi connectivity index (χ3n) is 3.89. The van der Waals surface area contributed by atoms with Gasteiger partial charge in [0.1, 0.15) is 5.69 Å². The molecule has 116 valence electrons. The highest BCUT2D eigenvalue weighted by molar-refractivity contribution is 5.90. The second kappa shape index (κ2) is 5.68. The van der Waals surface area contributed by atoms with Crippen LogP contribution in [-0.2, 0) is 4.74 Å². The van der Waals surface area contributed by atoms with Crippen LogP contribution in [0.3, 0.4) is 0 Å². The monoisotopic (exact) mass is 306 g/mol. The van der Waals surface area contributed by atoms with E-state index in [0.717, 1.165) is 24.8 Å². The topological polar surface area (TPSA) is 120 Å². The zero-order valence-electron chi connectivity index (χ0n) is 11.6. The van der Waals surface area contributed by atoms with E-state index in [1.54, 1.807) is 0 Å². The summed E-state index contributed by atoms with van der Waals surface area (Å²) in [5, 5.41) is 26.0. The largest absolute Gasteiger partial charge is 0.381 e. The van der Waals surface area contributed by atoms with Crippen molar-refractivity contribution in [3.05, 3.63) is 38.4 Å². The van der Waals surface area contributed by atoms with Gasteiger partial charge in [0, 0.05) is 24.1 Å². The Balaban J connectivity index is 1.82. The maximum absolute atomic E-state index is 11.0. The quantitative estimate of drug-likeness (QED) is 0.673. The molecule has 1 heterocycles. The van der Waals surface area contributed by atoms with Crippen molar-refractivity contribution in [2.45, 2.75) is 12.8 Å². The molecule has 1 saturated carbocycles. The molecule has 0 bridgehead atoms. The van der Waals surface area contributed by atoms with Crippen molar-refractivity contribution in [2.24, 2.45) is 16.9 Å². The van der Waals surface area contributed by atoms with Crippen LogP contribution in [-0.4, -0.2) is 28.8 Å². The number of nitro groups is 2. The Kier molecular flexibility index (Phi) is 3.72. The predicted molar refractivity (Wildman–Crippen MR) is 77.8 cm³/mol. The third-order valence-corrected chi connectivity index (χ3v) is 3.89. The molecule has 1 N–H and O–H groups in total. The molecular formula is C13H14N4O5. The molecule has 1 saturated heterocycles. The van der Waals surface area contributed by atoms with Crippen molar-refractivity contribution in [2.75, 3.05) is 18.6 Å². The van der Waals surface area contributed by atoms with Crippen LogP contribution in [0.15, 0.2) is 23.3 Å². The molecule has 2 unspecified atom stereocenters. The van der Waals surface area contributed by atoms with Crippen LogP contribution in [0.25, 0.3) is 0 Å². The Morgan fingerprint density at radius 3 is 2.82 bits per heavy atom. The van der Waals surface area contributed by atoms with Gasteiger partial charge in [-0.25, -0.2) is 0 Å². The van der Waals surface area contributed by atoms with E-state index in [2.05, 4.69) is 10.5 Å². The number of nitrogens with zero attached hydrogens (tertiary/aromatic N) is 3. The number of ether oxygens (including phenoxy) is 1. The van der Waals surface area contributed by atoms with Gasteiger partial charge < -0.3 is 4.74 Å². The lowest BCUT2D eigenvalue weighted by molar-refractivity contribution is -0.393. The number of nitrogens with one attached hydrogen (secondary N) is 1. The Morgan fingerprint density at radius 2 is 2.09 bits per heavy atom. The summed E-state index contributed by atoms with van der Waals surface area (Å²) in [6.45, 7) is 1.33. The van der Waals surface area contributed by atoms with Gasteiger partial charge in [0.05, 0.1) is 29.1 Å². The van der Waals surface area contributed by atoms with Gasteiger partial charge in [0.15, 0.2) is 0 Å². The van der Waals surface area contributed by atoms with Crippen molar-refractivity contribution in [3.63, 3.8) is 0 Å². The molecule has 2 atom stereocenters. The minimum atomic E-state index is -0.667. The number of nitro benzene ring substituents is 2. The maximum atomic E-state index is 11.0. The van der Waals surface area contributed by atoms with Crippen molar-refractivity contribution in [1.82, 2.24) is 0 Å². The molecule has 0 spiro atoms. The fourth-order valence-corrected chi connectivity index (χ4v) is 2.59. The van der Waals surface area contributed by atoms with E-state index in [1.165, 1.54) is 12.1 Å². The van der Waals surface area contributed by atoms with Crippen LogP contribution in [0.4, 0.5) is 17.1 Å². The number of anilines is 1. The molecule has 1 aromatic rings. The average molecular weight is 306 g/mol. The summed E-state index contributed by atoms with van der Waals surface area (Å²) >= 11 is 0. The summed E-state index contributed by atoms with van der Waals surface area (Å²) in [5.74, 6) is 0.877. The number of hydrogen-bond donors (Lipinski definition) is 1.